The molecule has 0 spiro atoms. The molecule has 0 amide bonds. The molecule has 1 heterocycles. The zero-order chi connectivity index (χ0) is 11.0. The molecule has 1 unspecified atom stereocenters. The van der Waals surface area contributed by atoms with E-state index in [9.17, 15) is 0 Å². The molecule has 0 fully saturated rings. The van der Waals surface area contributed by atoms with Gasteiger partial charge < -0.3 is 10.1 Å². The molecule has 0 bridgehead atoms. The number of anilines is 2. The molecular weight excluding hydrogens is 200 g/mol. The SMILES string of the molecule is COC1Nc2ccccc2N1C1=CCC=C1. The number of rotatable bonds is 2. The van der Waals surface area contributed by atoms with E-state index in [4.69, 9.17) is 4.74 Å². The van der Waals surface area contributed by atoms with Gasteiger partial charge in [-0.25, -0.2) is 0 Å². The molecule has 0 aromatic heterocycles. The number of methoxy groups -OCH3 is 1. The largest absolute Gasteiger partial charge is 0.344 e. The second-order valence-corrected chi connectivity index (χ2v) is 3.89. The van der Waals surface area contributed by atoms with E-state index in [1.54, 1.807) is 7.11 Å². The summed E-state index contributed by atoms with van der Waals surface area (Å²) in [5.41, 5.74) is 3.49. The third kappa shape index (κ3) is 1.32. The Morgan fingerprint density at radius 2 is 2.25 bits per heavy atom. The first kappa shape index (κ1) is 9.48. The van der Waals surface area contributed by atoms with Crippen LogP contribution < -0.4 is 10.2 Å². The quantitative estimate of drug-likeness (QED) is 0.819. The van der Waals surface area contributed by atoms with Gasteiger partial charge in [0.1, 0.15) is 0 Å². The van der Waals surface area contributed by atoms with Crippen molar-refractivity contribution in [2.45, 2.75) is 12.8 Å². The summed E-state index contributed by atoms with van der Waals surface area (Å²) in [6.45, 7) is 0. The standard InChI is InChI=1S/C13H14N2O/c1-16-13-14-11-8-4-5-9-12(11)15(13)10-6-2-3-7-10/h2,4-9,13-14H,3H2,1H3. The van der Waals surface area contributed by atoms with Gasteiger partial charge in [-0.2, -0.15) is 0 Å². The van der Waals surface area contributed by atoms with Gasteiger partial charge >= 0.3 is 0 Å². The Labute approximate surface area is 95.0 Å². The maximum absolute atomic E-state index is 5.46. The Kier molecular flexibility index (Phi) is 2.18. The lowest BCUT2D eigenvalue weighted by Gasteiger charge is -2.25. The summed E-state index contributed by atoms with van der Waals surface area (Å²) in [5.74, 6) is 0. The fourth-order valence-electron chi connectivity index (χ4n) is 2.19. The molecule has 3 heteroatoms. The Balaban J connectivity index is 2.04. The van der Waals surface area contributed by atoms with E-state index in [1.807, 2.05) is 12.1 Å². The van der Waals surface area contributed by atoms with Gasteiger partial charge in [0.15, 0.2) is 0 Å². The minimum atomic E-state index is -0.105. The van der Waals surface area contributed by atoms with Gasteiger partial charge in [-0.3, -0.25) is 4.90 Å². The maximum atomic E-state index is 5.46. The first-order valence-corrected chi connectivity index (χ1v) is 5.44. The molecular formula is C13H14N2O. The highest BCUT2D eigenvalue weighted by Gasteiger charge is 2.30. The maximum Gasteiger partial charge on any atom is 0.212 e. The molecule has 1 aliphatic carbocycles. The third-order valence-corrected chi connectivity index (χ3v) is 2.93. The van der Waals surface area contributed by atoms with E-state index in [2.05, 4.69) is 40.6 Å². The number of ether oxygens (including phenoxy) is 1. The van der Waals surface area contributed by atoms with Crippen molar-refractivity contribution in [2.24, 2.45) is 0 Å². The monoisotopic (exact) mass is 214 g/mol. The fraction of sp³-hybridized carbons (Fsp3) is 0.231. The first-order chi connectivity index (χ1) is 7.90. The average molecular weight is 214 g/mol. The van der Waals surface area contributed by atoms with Gasteiger partial charge in [-0.15, -0.1) is 0 Å². The molecule has 0 radical (unpaired) electrons. The minimum absolute atomic E-state index is 0.105. The summed E-state index contributed by atoms with van der Waals surface area (Å²) < 4.78 is 5.46. The molecule has 0 saturated carbocycles. The summed E-state index contributed by atoms with van der Waals surface area (Å²) >= 11 is 0. The van der Waals surface area contributed by atoms with Crippen molar-refractivity contribution >= 4 is 11.4 Å². The van der Waals surface area contributed by atoms with E-state index >= 15 is 0 Å². The Morgan fingerprint density at radius 3 is 3.00 bits per heavy atom. The van der Waals surface area contributed by atoms with Crippen LogP contribution in [0.3, 0.4) is 0 Å². The van der Waals surface area contributed by atoms with Gasteiger partial charge in [0.2, 0.25) is 6.35 Å². The minimum Gasteiger partial charge on any atom is -0.344 e. The number of hydrogen-bond donors (Lipinski definition) is 1. The number of benzene rings is 1. The molecule has 0 saturated heterocycles. The highest BCUT2D eigenvalue weighted by Crippen LogP contribution is 2.38. The van der Waals surface area contributed by atoms with Gasteiger partial charge in [0, 0.05) is 12.8 Å². The average Bonchev–Trinajstić information content (AvgIpc) is 2.94. The predicted molar refractivity (Wildman–Crippen MR) is 65.2 cm³/mol. The van der Waals surface area contributed by atoms with E-state index in [1.165, 1.54) is 11.4 Å². The number of allylic oxidation sites excluding steroid dienone is 3. The van der Waals surface area contributed by atoms with Crippen LogP contribution in [0, 0.1) is 0 Å². The molecule has 3 nitrogen and oxygen atoms in total. The van der Waals surface area contributed by atoms with Gasteiger partial charge in [0.05, 0.1) is 11.4 Å². The van der Waals surface area contributed by atoms with Gasteiger partial charge in [-0.05, 0) is 24.6 Å². The zero-order valence-electron chi connectivity index (χ0n) is 9.18. The van der Waals surface area contributed by atoms with Crippen LogP contribution >= 0.6 is 0 Å². The molecule has 1 aliphatic heterocycles. The van der Waals surface area contributed by atoms with E-state index in [-0.39, 0.29) is 6.35 Å². The summed E-state index contributed by atoms with van der Waals surface area (Å²) in [6, 6.07) is 8.25. The van der Waals surface area contributed by atoms with Crippen molar-refractivity contribution in [3.05, 3.63) is 48.2 Å². The van der Waals surface area contributed by atoms with Crippen molar-refractivity contribution in [1.29, 1.82) is 0 Å². The Morgan fingerprint density at radius 1 is 1.38 bits per heavy atom. The smallest absolute Gasteiger partial charge is 0.212 e. The van der Waals surface area contributed by atoms with Crippen molar-refractivity contribution in [1.82, 2.24) is 0 Å². The van der Waals surface area contributed by atoms with Crippen LogP contribution in [-0.4, -0.2) is 13.5 Å². The van der Waals surface area contributed by atoms with Crippen LogP contribution in [0.15, 0.2) is 48.2 Å². The highest BCUT2D eigenvalue weighted by molar-refractivity contribution is 5.78. The van der Waals surface area contributed by atoms with Crippen LogP contribution in [-0.2, 0) is 4.74 Å². The van der Waals surface area contributed by atoms with Gasteiger partial charge in [0.25, 0.3) is 0 Å². The molecule has 1 atom stereocenters. The number of para-hydroxylation sites is 2. The number of nitrogens with zero attached hydrogens (tertiary/aromatic N) is 1. The molecule has 3 rings (SSSR count). The second-order valence-electron chi connectivity index (χ2n) is 3.89. The zero-order valence-corrected chi connectivity index (χ0v) is 9.18. The number of nitrogens with one attached hydrogen (secondary N) is 1. The van der Waals surface area contributed by atoms with Crippen LogP contribution in [0.4, 0.5) is 11.4 Å². The van der Waals surface area contributed by atoms with Crippen molar-refractivity contribution in [3.8, 4) is 0 Å². The number of hydrogen-bond acceptors (Lipinski definition) is 3. The summed E-state index contributed by atoms with van der Waals surface area (Å²) in [5, 5.41) is 3.34. The molecule has 2 aliphatic rings. The van der Waals surface area contributed by atoms with Crippen molar-refractivity contribution < 1.29 is 4.74 Å². The van der Waals surface area contributed by atoms with E-state index in [0.29, 0.717) is 0 Å². The highest BCUT2D eigenvalue weighted by atomic mass is 16.5. The van der Waals surface area contributed by atoms with Crippen molar-refractivity contribution in [2.75, 3.05) is 17.3 Å². The molecule has 16 heavy (non-hydrogen) atoms. The van der Waals surface area contributed by atoms with Crippen LogP contribution in [0.2, 0.25) is 0 Å². The summed E-state index contributed by atoms with van der Waals surface area (Å²) in [4.78, 5) is 2.18. The fourth-order valence-corrected chi connectivity index (χ4v) is 2.19. The Bertz CT molecular complexity index is 465. The normalized spacial score (nSPS) is 21.9. The van der Waals surface area contributed by atoms with Gasteiger partial charge in [-0.1, -0.05) is 24.3 Å². The van der Waals surface area contributed by atoms with E-state index < -0.39 is 0 Å². The summed E-state index contributed by atoms with van der Waals surface area (Å²) in [6.07, 6.45) is 7.39. The lowest BCUT2D eigenvalue weighted by molar-refractivity contribution is 0.133. The second kappa shape index (κ2) is 3.68. The molecule has 1 N–H and O–H groups in total. The first-order valence-electron chi connectivity index (χ1n) is 5.44. The van der Waals surface area contributed by atoms with Crippen LogP contribution in [0.1, 0.15) is 6.42 Å². The Hall–Kier alpha value is -1.74. The summed E-state index contributed by atoms with van der Waals surface area (Å²) in [7, 11) is 1.72. The molecule has 82 valence electrons. The van der Waals surface area contributed by atoms with Crippen LogP contribution in [0.25, 0.3) is 0 Å². The third-order valence-electron chi connectivity index (χ3n) is 2.93. The van der Waals surface area contributed by atoms with Crippen molar-refractivity contribution in [3.63, 3.8) is 0 Å². The number of fused-ring (bicyclic) bond motifs is 1. The lowest BCUT2D eigenvalue weighted by atomic mass is 10.2. The van der Waals surface area contributed by atoms with Crippen LogP contribution in [0.5, 0.6) is 0 Å². The molecule has 1 aromatic carbocycles. The molecule has 1 aromatic rings. The van der Waals surface area contributed by atoms with E-state index in [0.717, 1.165) is 12.1 Å². The lowest BCUT2D eigenvalue weighted by Crippen LogP contribution is -2.35. The topological polar surface area (TPSA) is 24.5 Å². The predicted octanol–water partition coefficient (Wildman–Crippen LogP) is 2.69.